The first-order valence-electron chi connectivity index (χ1n) is 10.6. The zero-order valence-corrected chi connectivity index (χ0v) is 19.5. The number of aryl methyl sites for hydroxylation is 2. The zero-order chi connectivity index (χ0) is 24.4. The summed E-state index contributed by atoms with van der Waals surface area (Å²) in [5.41, 5.74) is 1.90. The van der Waals surface area contributed by atoms with Gasteiger partial charge in [-0.05, 0) is 50.2 Å². The number of ether oxygens (including phenoxy) is 1. The topological polar surface area (TPSA) is 108 Å². The van der Waals surface area contributed by atoms with Crippen molar-refractivity contribution >= 4 is 23.2 Å². The molecule has 5 rings (SSSR count). The SMILES string of the molecule is Cc1onc(-c2ccccc2Cl)c1C(=O)Nc1ccc(Oc2ccc(-n3ccnc3C)nn2)cc1. The molecule has 1 N–H and O–H groups in total. The maximum Gasteiger partial charge on any atom is 0.261 e. The number of aromatic nitrogens is 5. The molecule has 35 heavy (non-hydrogen) atoms. The van der Waals surface area contributed by atoms with Crippen molar-refractivity contribution in [2.45, 2.75) is 13.8 Å². The van der Waals surface area contributed by atoms with Gasteiger partial charge in [-0.2, -0.15) is 0 Å². The van der Waals surface area contributed by atoms with E-state index in [0.29, 0.717) is 50.7 Å². The number of nitrogens with zero attached hydrogens (tertiary/aromatic N) is 5. The molecule has 0 atom stereocenters. The third kappa shape index (κ3) is 4.62. The van der Waals surface area contributed by atoms with Crippen LogP contribution in [0.2, 0.25) is 5.02 Å². The molecule has 0 unspecified atom stereocenters. The molecule has 174 valence electrons. The Morgan fingerprint density at radius 1 is 1.03 bits per heavy atom. The average molecular weight is 487 g/mol. The molecule has 0 aliphatic carbocycles. The molecule has 1 amide bonds. The van der Waals surface area contributed by atoms with Gasteiger partial charge in [-0.25, -0.2) is 4.98 Å². The first-order chi connectivity index (χ1) is 17.0. The largest absolute Gasteiger partial charge is 0.438 e. The predicted molar refractivity (Wildman–Crippen MR) is 130 cm³/mol. The minimum absolute atomic E-state index is 0.321. The number of hydrogen-bond acceptors (Lipinski definition) is 7. The highest BCUT2D eigenvalue weighted by Crippen LogP contribution is 2.31. The minimum Gasteiger partial charge on any atom is -0.438 e. The molecule has 5 aromatic rings. The number of carbonyl (C=O) groups excluding carboxylic acids is 1. The summed E-state index contributed by atoms with van der Waals surface area (Å²) in [6, 6.07) is 17.6. The highest BCUT2D eigenvalue weighted by Gasteiger charge is 2.23. The van der Waals surface area contributed by atoms with Crippen molar-refractivity contribution in [2.24, 2.45) is 0 Å². The van der Waals surface area contributed by atoms with Crippen molar-refractivity contribution < 1.29 is 14.1 Å². The third-order valence-corrected chi connectivity index (χ3v) is 5.58. The summed E-state index contributed by atoms with van der Waals surface area (Å²) >= 11 is 6.29. The van der Waals surface area contributed by atoms with Gasteiger partial charge in [0.05, 0.1) is 5.02 Å². The lowest BCUT2D eigenvalue weighted by Gasteiger charge is -2.09. The van der Waals surface area contributed by atoms with Crippen molar-refractivity contribution in [2.75, 3.05) is 5.32 Å². The molecule has 0 saturated carbocycles. The summed E-state index contributed by atoms with van der Waals surface area (Å²) in [6.07, 6.45) is 3.51. The first-order valence-corrected chi connectivity index (χ1v) is 11.0. The number of halogens is 1. The highest BCUT2D eigenvalue weighted by atomic mass is 35.5. The van der Waals surface area contributed by atoms with Gasteiger partial charge >= 0.3 is 0 Å². The van der Waals surface area contributed by atoms with Crippen molar-refractivity contribution in [3.05, 3.63) is 95.2 Å². The molecule has 9 nitrogen and oxygen atoms in total. The van der Waals surface area contributed by atoms with Gasteiger partial charge in [-0.15, -0.1) is 10.2 Å². The van der Waals surface area contributed by atoms with E-state index in [1.54, 1.807) is 61.7 Å². The first kappa shape index (κ1) is 22.3. The summed E-state index contributed by atoms with van der Waals surface area (Å²) in [6.45, 7) is 3.56. The minimum atomic E-state index is -0.358. The number of rotatable bonds is 6. The monoisotopic (exact) mass is 486 g/mol. The van der Waals surface area contributed by atoms with Crippen LogP contribution in [0.4, 0.5) is 5.69 Å². The molecule has 0 spiro atoms. The summed E-state index contributed by atoms with van der Waals surface area (Å²) in [5.74, 6) is 2.38. The Balaban J connectivity index is 1.28. The van der Waals surface area contributed by atoms with Crippen LogP contribution in [-0.2, 0) is 0 Å². The van der Waals surface area contributed by atoms with E-state index in [4.69, 9.17) is 20.9 Å². The lowest BCUT2D eigenvalue weighted by molar-refractivity contribution is 0.102. The van der Waals surface area contributed by atoms with E-state index in [2.05, 4.69) is 25.7 Å². The number of nitrogens with one attached hydrogen (secondary N) is 1. The van der Waals surface area contributed by atoms with Gasteiger partial charge in [0.1, 0.15) is 28.6 Å². The highest BCUT2D eigenvalue weighted by molar-refractivity contribution is 6.33. The summed E-state index contributed by atoms with van der Waals surface area (Å²) < 4.78 is 12.9. The molecular formula is C25H19ClN6O3. The van der Waals surface area contributed by atoms with E-state index in [0.717, 1.165) is 5.82 Å². The van der Waals surface area contributed by atoms with Crippen LogP contribution in [0, 0.1) is 13.8 Å². The smallest absolute Gasteiger partial charge is 0.261 e. The van der Waals surface area contributed by atoms with Crippen LogP contribution < -0.4 is 10.1 Å². The third-order valence-electron chi connectivity index (χ3n) is 5.25. The maximum absolute atomic E-state index is 13.0. The number of hydrogen-bond donors (Lipinski definition) is 1. The van der Waals surface area contributed by atoms with E-state index in [9.17, 15) is 4.79 Å². The standard InChI is InChI=1S/C25H19ClN6O3/c1-15-23(24(31-35-15)19-5-3-4-6-20(19)26)25(33)28-17-7-9-18(10-8-17)34-22-12-11-21(29-30-22)32-14-13-27-16(32)2/h3-14H,1-2H3,(H,28,33). The van der Waals surface area contributed by atoms with E-state index < -0.39 is 0 Å². The molecule has 3 heterocycles. The molecule has 0 fully saturated rings. The Morgan fingerprint density at radius 3 is 2.51 bits per heavy atom. The molecular weight excluding hydrogens is 468 g/mol. The molecule has 0 saturated heterocycles. The van der Waals surface area contributed by atoms with Crippen LogP contribution in [0.5, 0.6) is 11.6 Å². The quantitative estimate of drug-likeness (QED) is 0.331. The average Bonchev–Trinajstić information content (AvgIpc) is 3.46. The lowest BCUT2D eigenvalue weighted by atomic mass is 10.1. The Bertz CT molecular complexity index is 1490. The fourth-order valence-corrected chi connectivity index (χ4v) is 3.74. The van der Waals surface area contributed by atoms with Crippen LogP contribution in [0.25, 0.3) is 17.1 Å². The molecule has 0 bridgehead atoms. The molecule has 3 aromatic heterocycles. The molecule has 0 aliphatic rings. The van der Waals surface area contributed by atoms with Crippen LogP contribution in [0.15, 0.2) is 77.6 Å². The Morgan fingerprint density at radius 2 is 1.83 bits per heavy atom. The Labute approximate surface area is 205 Å². The lowest BCUT2D eigenvalue weighted by Crippen LogP contribution is -2.13. The van der Waals surface area contributed by atoms with E-state index in [-0.39, 0.29) is 5.91 Å². The summed E-state index contributed by atoms with van der Waals surface area (Å²) in [4.78, 5) is 17.2. The molecule has 0 radical (unpaired) electrons. The maximum atomic E-state index is 13.0. The van der Waals surface area contributed by atoms with Crippen molar-refractivity contribution in [3.63, 3.8) is 0 Å². The molecule has 10 heteroatoms. The number of amides is 1. The Kier molecular flexibility index (Phi) is 5.99. The van der Waals surface area contributed by atoms with Crippen LogP contribution in [0.3, 0.4) is 0 Å². The predicted octanol–water partition coefficient (Wildman–Crippen LogP) is 5.63. The van der Waals surface area contributed by atoms with Gasteiger partial charge in [-0.3, -0.25) is 9.36 Å². The second-order valence-corrected chi connectivity index (χ2v) is 8.00. The molecule has 0 aliphatic heterocycles. The molecule has 2 aromatic carbocycles. The van der Waals surface area contributed by atoms with Gasteiger partial charge in [0, 0.05) is 29.7 Å². The van der Waals surface area contributed by atoms with E-state index in [1.807, 2.05) is 29.8 Å². The van der Waals surface area contributed by atoms with Crippen LogP contribution in [0.1, 0.15) is 21.9 Å². The van der Waals surface area contributed by atoms with Crippen molar-refractivity contribution in [3.8, 4) is 28.7 Å². The number of carbonyl (C=O) groups is 1. The van der Waals surface area contributed by atoms with Gasteiger partial charge in [0.2, 0.25) is 5.88 Å². The van der Waals surface area contributed by atoms with E-state index >= 15 is 0 Å². The summed E-state index contributed by atoms with van der Waals surface area (Å²) in [7, 11) is 0. The number of imidazole rings is 1. The Hall–Kier alpha value is -4.50. The van der Waals surface area contributed by atoms with Crippen molar-refractivity contribution in [1.82, 2.24) is 24.9 Å². The van der Waals surface area contributed by atoms with Gasteiger partial charge in [0.15, 0.2) is 5.82 Å². The number of benzene rings is 2. The normalized spacial score (nSPS) is 10.8. The fraction of sp³-hybridized carbons (Fsp3) is 0.0800. The van der Waals surface area contributed by atoms with Crippen LogP contribution in [-0.4, -0.2) is 30.8 Å². The fourth-order valence-electron chi connectivity index (χ4n) is 3.51. The zero-order valence-electron chi connectivity index (χ0n) is 18.8. The second-order valence-electron chi connectivity index (χ2n) is 7.60. The van der Waals surface area contributed by atoms with Crippen LogP contribution >= 0.6 is 11.6 Å². The number of anilines is 1. The van der Waals surface area contributed by atoms with Gasteiger partial charge < -0.3 is 14.6 Å². The van der Waals surface area contributed by atoms with Gasteiger partial charge in [0.25, 0.3) is 5.91 Å². The van der Waals surface area contributed by atoms with Gasteiger partial charge in [-0.1, -0.05) is 35.0 Å². The second kappa shape index (κ2) is 9.40. The summed E-state index contributed by atoms with van der Waals surface area (Å²) in [5, 5.41) is 15.7. The van der Waals surface area contributed by atoms with Crippen molar-refractivity contribution in [1.29, 1.82) is 0 Å². The van der Waals surface area contributed by atoms with E-state index in [1.165, 1.54) is 0 Å².